The van der Waals surface area contributed by atoms with Crippen molar-refractivity contribution in [1.82, 2.24) is 14.7 Å². The minimum atomic E-state index is 0.0106. The molecule has 1 aliphatic rings. The van der Waals surface area contributed by atoms with Gasteiger partial charge in [-0.2, -0.15) is 5.10 Å². The highest BCUT2D eigenvalue weighted by Gasteiger charge is 2.30. The Hall–Kier alpha value is -1.36. The molecule has 2 rings (SSSR count). The fraction of sp³-hybridized carbons (Fsp3) is 0.714. The van der Waals surface area contributed by atoms with Gasteiger partial charge in [0.1, 0.15) is 5.69 Å². The van der Waals surface area contributed by atoms with Crippen LogP contribution >= 0.6 is 0 Å². The molecule has 0 spiro atoms. The number of carbonyl (C=O) groups excluding carboxylic acids is 1. The highest BCUT2D eigenvalue weighted by Crippen LogP contribution is 2.21. The number of hydrogen-bond donors (Lipinski definition) is 1. The number of piperidine rings is 1. The Balaban J connectivity index is 2.16. The Bertz CT molecular complexity index is 438. The van der Waals surface area contributed by atoms with Gasteiger partial charge in [-0.3, -0.25) is 9.48 Å². The van der Waals surface area contributed by atoms with Crippen molar-refractivity contribution >= 4 is 5.91 Å². The summed E-state index contributed by atoms with van der Waals surface area (Å²) in [6, 6.07) is 2.23. The molecule has 2 atom stereocenters. The largest absolute Gasteiger partial charge is 0.333 e. The van der Waals surface area contributed by atoms with Crippen LogP contribution in [0, 0.1) is 0 Å². The minimum Gasteiger partial charge on any atom is -0.333 e. The van der Waals surface area contributed by atoms with Crippen LogP contribution < -0.4 is 5.73 Å². The lowest BCUT2D eigenvalue weighted by Gasteiger charge is -2.37. The van der Waals surface area contributed by atoms with Crippen LogP contribution in [0.5, 0.6) is 0 Å². The summed E-state index contributed by atoms with van der Waals surface area (Å²) in [7, 11) is 0. The quantitative estimate of drug-likeness (QED) is 0.905. The van der Waals surface area contributed by atoms with Gasteiger partial charge in [0.25, 0.3) is 5.91 Å². The van der Waals surface area contributed by atoms with Gasteiger partial charge in [-0.25, -0.2) is 0 Å². The monoisotopic (exact) mass is 264 g/mol. The standard InChI is InChI=1S/C14H24N4O/c1-10(2)18-9-7-12(16-18)14(19)17-8-5-4-6-13(17)11(3)15/h7,9-11,13H,4-6,8,15H2,1-3H3/t11-,13+/m1/s1. The number of aromatic nitrogens is 2. The minimum absolute atomic E-state index is 0.0106. The number of hydrogen-bond acceptors (Lipinski definition) is 3. The molecule has 1 aliphatic heterocycles. The number of carbonyl (C=O) groups is 1. The first-order chi connectivity index (χ1) is 9.00. The maximum absolute atomic E-state index is 12.5. The third-order valence-corrected chi connectivity index (χ3v) is 3.77. The third kappa shape index (κ3) is 2.97. The molecule has 0 saturated carbocycles. The number of nitrogens with two attached hydrogens (primary N) is 1. The van der Waals surface area contributed by atoms with Crippen molar-refractivity contribution in [2.75, 3.05) is 6.54 Å². The van der Waals surface area contributed by atoms with Crippen LogP contribution in [0.2, 0.25) is 0 Å². The molecule has 19 heavy (non-hydrogen) atoms. The molecule has 5 heteroatoms. The first-order valence-corrected chi connectivity index (χ1v) is 7.12. The molecule has 1 amide bonds. The van der Waals surface area contributed by atoms with E-state index in [2.05, 4.69) is 5.10 Å². The average Bonchev–Trinajstić information content (AvgIpc) is 2.87. The SMILES string of the molecule is CC(C)n1ccc(C(=O)N2CCCC[C@H]2[C@@H](C)N)n1. The molecule has 0 unspecified atom stereocenters. The van der Waals surface area contributed by atoms with E-state index in [1.807, 2.05) is 36.5 Å². The van der Waals surface area contributed by atoms with E-state index in [0.29, 0.717) is 5.69 Å². The lowest BCUT2D eigenvalue weighted by atomic mass is 9.96. The van der Waals surface area contributed by atoms with Crippen LogP contribution in [0.3, 0.4) is 0 Å². The van der Waals surface area contributed by atoms with Crippen LogP contribution in [0.25, 0.3) is 0 Å². The molecule has 5 nitrogen and oxygen atoms in total. The number of nitrogens with zero attached hydrogens (tertiary/aromatic N) is 3. The first kappa shape index (κ1) is 14.1. The van der Waals surface area contributed by atoms with Gasteiger partial charge in [0.15, 0.2) is 0 Å². The second kappa shape index (κ2) is 5.74. The molecular formula is C14H24N4O. The molecule has 0 bridgehead atoms. The Labute approximate surface area is 114 Å². The van der Waals surface area contributed by atoms with E-state index in [9.17, 15) is 4.79 Å². The lowest BCUT2D eigenvalue weighted by Crippen LogP contribution is -2.51. The van der Waals surface area contributed by atoms with Crippen molar-refractivity contribution in [2.24, 2.45) is 5.73 Å². The highest BCUT2D eigenvalue weighted by atomic mass is 16.2. The molecular weight excluding hydrogens is 240 g/mol. The topological polar surface area (TPSA) is 64.2 Å². The van der Waals surface area contributed by atoms with Crippen molar-refractivity contribution in [2.45, 2.75) is 58.2 Å². The van der Waals surface area contributed by atoms with E-state index >= 15 is 0 Å². The highest BCUT2D eigenvalue weighted by molar-refractivity contribution is 5.92. The molecule has 0 aliphatic carbocycles. The number of likely N-dealkylation sites (tertiary alicyclic amines) is 1. The van der Waals surface area contributed by atoms with Gasteiger partial charge in [-0.05, 0) is 46.1 Å². The smallest absolute Gasteiger partial charge is 0.274 e. The summed E-state index contributed by atoms with van der Waals surface area (Å²) in [4.78, 5) is 14.4. The van der Waals surface area contributed by atoms with Crippen LogP contribution in [0.1, 0.15) is 56.6 Å². The van der Waals surface area contributed by atoms with Crippen molar-refractivity contribution in [3.8, 4) is 0 Å². The van der Waals surface area contributed by atoms with Crippen LogP contribution in [0.4, 0.5) is 0 Å². The van der Waals surface area contributed by atoms with E-state index < -0.39 is 0 Å². The van der Waals surface area contributed by atoms with Crippen LogP contribution in [-0.4, -0.2) is 39.2 Å². The Morgan fingerprint density at radius 3 is 2.74 bits per heavy atom. The van der Waals surface area contributed by atoms with Gasteiger partial charge >= 0.3 is 0 Å². The van der Waals surface area contributed by atoms with Gasteiger partial charge in [0, 0.05) is 30.9 Å². The lowest BCUT2D eigenvalue weighted by molar-refractivity contribution is 0.0576. The summed E-state index contributed by atoms with van der Waals surface area (Å²) in [6.45, 7) is 6.86. The second-order valence-corrected chi connectivity index (χ2v) is 5.70. The zero-order chi connectivity index (χ0) is 14.0. The number of amides is 1. The maximum atomic E-state index is 12.5. The van der Waals surface area contributed by atoms with E-state index in [4.69, 9.17) is 5.73 Å². The number of rotatable bonds is 3. The van der Waals surface area contributed by atoms with Gasteiger partial charge < -0.3 is 10.6 Å². The predicted molar refractivity (Wildman–Crippen MR) is 74.9 cm³/mol. The van der Waals surface area contributed by atoms with Crippen molar-refractivity contribution in [3.05, 3.63) is 18.0 Å². The summed E-state index contributed by atoms with van der Waals surface area (Å²) in [5.74, 6) is 0.0152. The normalized spacial score (nSPS) is 21.7. The van der Waals surface area contributed by atoms with E-state index in [1.165, 1.54) is 0 Å². The predicted octanol–water partition coefficient (Wildman–Crippen LogP) is 1.81. The fourth-order valence-electron chi connectivity index (χ4n) is 2.64. The fourth-order valence-corrected chi connectivity index (χ4v) is 2.64. The zero-order valence-electron chi connectivity index (χ0n) is 12.0. The van der Waals surface area contributed by atoms with Crippen molar-refractivity contribution < 1.29 is 4.79 Å². The summed E-state index contributed by atoms with van der Waals surface area (Å²) < 4.78 is 1.82. The maximum Gasteiger partial charge on any atom is 0.274 e. The second-order valence-electron chi connectivity index (χ2n) is 5.70. The Morgan fingerprint density at radius 2 is 2.16 bits per heavy atom. The van der Waals surface area contributed by atoms with E-state index in [-0.39, 0.29) is 24.0 Å². The van der Waals surface area contributed by atoms with Gasteiger partial charge in [-0.15, -0.1) is 0 Å². The Morgan fingerprint density at radius 1 is 1.42 bits per heavy atom. The third-order valence-electron chi connectivity index (χ3n) is 3.77. The van der Waals surface area contributed by atoms with Crippen LogP contribution in [-0.2, 0) is 0 Å². The molecule has 1 fully saturated rings. The van der Waals surface area contributed by atoms with Gasteiger partial charge in [-0.1, -0.05) is 0 Å². The van der Waals surface area contributed by atoms with Gasteiger partial charge in [0.05, 0.1) is 0 Å². The van der Waals surface area contributed by atoms with E-state index in [0.717, 1.165) is 25.8 Å². The summed E-state index contributed by atoms with van der Waals surface area (Å²) in [5, 5.41) is 4.36. The molecule has 1 aromatic rings. The van der Waals surface area contributed by atoms with Gasteiger partial charge in [0.2, 0.25) is 0 Å². The molecule has 2 N–H and O–H groups in total. The molecule has 0 radical (unpaired) electrons. The van der Waals surface area contributed by atoms with Crippen molar-refractivity contribution in [3.63, 3.8) is 0 Å². The summed E-state index contributed by atoms with van der Waals surface area (Å²) >= 11 is 0. The first-order valence-electron chi connectivity index (χ1n) is 7.12. The summed E-state index contributed by atoms with van der Waals surface area (Å²) in [5.41, 5.74) is 6.54. The average molecular weight is 264 g/mol. The summed E-state index contributed by atoms with van der Waals surface area (Å²) in [6.07, 6.45) is 5.06. The molecule has 106 valence electrons. The molecule has 1 saturated heterocycles. The zero-order valence-corrected chi connectivity index (χ0v) is 12.0. The van der Waals surface area contributed by atoms with Crippen molar-refractivity contribution in [1.29, 1.82) is 0 Å². The Kier molecular flexibility index (Phi) is 4.24. The molecule has 0 aromatic carbocycles. The van der Waals surface area contributed by atoms with Crippen LogP contribution in [0.15, 0.2) is 12.3 Å². The molecule has 1 aromatic heterocycles. The van der Waals surface area contributed by atoms with E-state index in [1.54, 1.807) is 6.07 Å². The molecule has 2 heterocycles.